The highest BCUT2D eigenvalue weighted by Gasteiger charge is 2.49. The van der Waals surface area contributed by atoms with Crippen molar-refractivity contribution < 1.29 is 14.6 Å². The topological polar surface area (TPSA) is 138 Å². The van der Waals surface area contributed by atoms with Crippen LogP contribution in [-0.4, -0.2) is 86.1 Å². The lowest BCUT2D eigenvalue weighted by Gasteiger charge is -2.28. The molecule has 262 valence electrons. The molecular formula is C38H39ClN8O4. The van der Waals surface area contributed by atoms with Crippen LogP contribution in [0.5, 0.6) is 5.88 Å². The Balaban J connectivity index is 1.09. The van der Waals surface area contributed by atoms with Gasteiger partial charge in [0.25, 0.3) is 5.56 Å². The number of benzene rings is 2. The molecule has 13 heteroatoms. The molecule has 3 aliphatic rings. The number of aliphatic hydroxyl groups is 1. The van der Waals surface area contributed by atoms with Gasteiger partial charge in [-0.1, -0.05) is 41.9 Å². The van der Waals surface area contributed by atoms with Crippen LogP contribution in [0.15, 0.2) is 65.7 Å². The van der Waals surface area contributed by atoms with E-state index in [9.17, 15) is 14.7 Å². The van der Waals surface area contributed by atoms with Crippen LogP contribution in [0.1, 0.15) is 35.6 Å². The molecule has 51 heavy (non-hydrogen) atoms. The number of carbonyl (C=O) groups is 1. The Labute approximate surface area is 300 Å². The molecule has 0 bridgehead atoms. The largest absolute Gasteiger partial charge is 0.481 e. The van der Waals surface area contributed by atoms with Gasteiger partial charge in [-0.05, 0) is 61.1 Å². The van der Waals surface area contributed by atoms with Gasteiger partial charge in [-0.15, -0.1) is 0 Å². The van der Waals surface area contributed by atoms with Crippen molar-refractivity contribution in [2.45, 2.75) is 37.8 Å². The van der Waals surface area contributed by atoms with E-state index in [1.165, 1.54) is 10.2 Å². The lowest BCUT2D eigenvalue weighted by molar-refractivity contribution is 0.193. The number of aryl methyl sites for hydroxylation is 2. The molecule has 8 rings (SSSR count). The molecule has 2 saturated heterocycles. The molecule has 0 radical (unpaired) electrons. The molecule has 5 heterocycles. The number of pyridine rings is 2. The van der Waals surface area contributed by atoms with E-state index >= 15 is 0 Å². The quantitative estimate of drug-likeness (QED) is 0.198. The zero-order valence-corrected chi connectivity index (χ0v) is 29.5. The second kappa shape index (κ2) is 12.9. The molecule has 12 nitrogen and oxygen atoms in total. The number of carbonyl (C=O) groups excluding carboxylic acids is 1. The Morgan fingerprint density at radius 3 is 2.75 bits per heavy atom. The summed E-state index contributed by atoms with van der Waals surface area (Å²) in [7, 11) is 3.28. The lowest BCUT2D eigenvalue weighted by atomic mass is 9.96. The number of rotatable bonds is 8. The lowest BCUT2D eigenvalue weighted by Crippen LogP contribution is -2.46. The molecule has 2 atom stereocenters. The third-order valence-electron chi connectivity index (χ3n) is 10.7. The number of likely N-dealkylation sites (tertiary alicyclic amines) is 1. The van der Waals surface area contributed by atoms with Crippen molar-refractivity contribution in [1.82, 2.24) is 34.9 Å². The van der Waals surface area contributed by atoms with Crippen molar-refractivity contribution in [2.24, 2.45) is 7.05 Å². The number of β-amino-alcohol motifs (C(OH)–C–C–N with tert-alkyl or cyclic N) is 1. The summed E-state index contributed by atoms with van der Waals surface area (Å²) in [5, 5.41) is 21.9. The predicted octanol–water partition coefficient (Wildman–Crippen LogP) is 5.22. The number of nitrogens with zero attached hydrogens (tertiary/aromatic N) is 6. The minimum Gasteiger partial charge on any atom is -0.481 e. The zero-order valence-electron chi connectivity index (χ0n) is 28.7. The number of ether oxygens (including phenoxy) is 1. The number of hydrogen-bond acceptors (Lipinski definition) is 9. The molecule has 0 saturated carbocycles. The fourth-order valence-electron chi connectivity index (χ4n) is 8.12. The predicted molar refractivity (Wildman–Crippen MR) is 197 cm³/mol. The van der Waals surface area contributed by atoms with Crippen LogP contribution < -0.4 is 20.9 Å². The van der Waals surface area contributed by atoms with Gasteiger partial charge >= 0.3 is 6.03 Å². The number of anilines is 2. The van der Waals surface area contributed by atoms with Gasteiger partial charge in [0.1, 0.15) is 5.82 Å². The smallest absolute Gasteiger partial charge is 0.318 e. The third kappa shape index (κ3) is 5.67. The summed E-state index contributed by atoms with van der Waals surface area (Å²) in [5.41, 5.74) is 6.85. The minimum atomic E-state index is -0.311. The molecule has 1 aliphatic carbocycles. The molecule has 5 aromatic rings. The first-order valence-corrected chi connectivity index (χ1v) is 17.5. The van der Waals surface area contributed by atoms with Crippen LogP contribution in [0.4, 0.5) is 16.3 Å². The first kappa shape index (κ1) is 33.1. The van der Waals surface area contributed by atoms with Crippen molar-refractivity contribution in [3.05, 3.63) is 93.0 Å². The zero-order chi connectivity index (χ0) is 35.4. The SMILES string of the molecule is COc1nc(-c2cccc(-c3cccc(Nc4nccc5cnn(C)c(=O)c45)c3C)c2Cl)cc2c1C(N1CCC3(CN(CCO)C(=O)N3)C1)CC2. The third-order valence-corrected chi connectivity index (χ3v) is 11.1. The fourth-order valence-corrected chi connectivity index (χ4v) is 8.45. The fraction of sp³-hybridized carbons (Fsp3) is 0.342. The summed E-state index contributed by atoms with van der Waals surface area (Å²) in [5.74, 6) is 1.06. The van der Waals surface area contributed by atoms with Gasteiger partial charge in [-0.3, -0.25) is 9.69 Å². The first-order valence-electron chi connectivity index (χ1n) is 17.2. The van der Waals surface area contributed by atoms with Crippen LogP contribution >= 0.6 is 11.6 Å². The highest BCUT2D eigenvalue weighted by Crippen LogP contribution is 2.46. The van der Waals surface area contributed by atoms with Gasteiger partial charge < -0.3 is 25.4 Å². The normalized spacial score (nSPS) is 20.0. The van der Waals surface area contributed by atoms with E-state index in [-0.39, 0.29) is 29.8 Å². The van der Waals surface area contributed by atoms with Crippen molar-refractivity contribution in [2.75, 3.05) is 45.2 Å². The molecule has 3 aromatic heterocycles. The highest BCUT2D eigenvalue weighted by molar-refractivity contribution is 6.36. The second-order valence-electron chi connectivity index (χ2n) is 13.7. The summed E-state index contributed by atoms with van der Waals surface area (Å²) >= 11 is 7.25. The van der Waals surface area contributed by atoms with E-state index < -0.39 is 0 Å². The van der Waals surface area contributed by atoms with Crippen molar-refractivity contribution >= 4 is 39.9 Å². The number of methoxy groups -OCH3 is 1. The van der Waals surface area contributed by atoms with Gasteiger partial charge in [0.15, 0.2) is 0 Å². The van der Waals surface area contributed by atoms with Gasteiger partial charge in [-0.25, -0.2) is 19.4 Å². The molecule has 2 fully saturated rings. The molecule has 2 aromatic carbocycles. The van der Waals surface area contributed by atoms with Crippen LogP contribution in [0.2, 0.25) is 5.02 Å². The Bertz CT molecular complexity index is 2260. The highest BCUT2D eigenvalue weighted by atomic mass is 35.5. The summed E-state index contributed by atoms with van der Waals surface area (Å²) in [6, 6.07) is 15.9. The number of urea groups is 1. The van der Waals surface area contributed by atoms with Crippen molar-refractivity contribution in [1.29, 1.82) is 0 Å². The molecule has 3 N–H and O–H groups in total. The minimum absolute atomic E-state index is 0.0459. The summed E-state index contributed by atoms with van der Waals surface area (Å²) in [6.07, 6.45) is 5.99. The van der Waals surface area contributed by atoms with E-state index in [0.29, 0.717) is 40.6 Å². The van der Waals surface area contributed by atoms with E-state index in [1.54, 1.807) is 37.5 Å². The van der Waals surface area contributed by atoms with E-state index in [0.717, 1.165) is 71.6 Å². The Morgan fingerprint density at radius 1 is 1.12 bits per heavy atom. The molecule has 2 amide bonds. The summed E-state index contributed by atoms with van der Waals surface area (Å²) in [4.78, 5) is 39.2. The molecule has 2 unspecified atom stereocenters. The molecule has 2 aliphatic heterocycles. The average Bonchev–Trinajstić information content (AvgIpc) is 3.83. The Morgan fingerprint density at radius 2 is 1.92 bits per heavy atom. The number of hydrogen-bond donors (Lipinski definition) is 3. The van der Waals surface area contributed by atoms with E-state index in [1.807, 2.05) is 43.3 Å². The van der Waals surface area contributed by atoms with Crippen LogP contribution in [0.25, 0.3) is 33.2 Å². The van der Waals surface area contributed by atoms with Gasteiger partial charge in [0, 0.05) is 73.2 Å². The number of halogens is 1. The maximum Gasteiger partial charge on any atom is 0.318 e. The molecule has 1 spiro atoms. The summed E-state index contributed by atoms with van der Waals surface area (Å²) in [6.45, 7) is 4.51. The Kier molecular flexibility index (Phi) is 8.40. The number of amides is 2. The number of nitrogens with one attached hydrogen (secondary N) is 2. The summed E-state index contributed by atoms with van der Waals surface area (Å²) < 4.78 is 7.26. The van der Waals surface area contributed by atoms with Crippen LogP contribution in [-0.2, 0) is 13.5 Å². The Hall–Kier alpha value is -5.04. The van der Waals surface area contributed by atoms with Gasteiger partial charge in [0.05, 0.1) is 41.6 Å². The van der Waals surface area contributed by atoms with E-state index in [2.05, 4.69) is 31.7 Å². The van der Waals surface area contributed by atoms with Crippen molar-refractivity contribution in [3.8, 4) is 28.3 Å². The van der Waals surface area contributed by atoms with Crippen LogP contribution in [0, 0.1) is 6.92 Å². The maximum atomic E-state index is 13.0. The maximum absolute atomic E-state index is 13.0. The number of aromatic nitrogens is 4. The first-order chi connectivity index (χ1) is 24.7. The van der Waals surface area contributed by atoms with Gasteiger partial charge in [0.2, 0.25) is 5.88 Å². The standard InChI is InChI=1S/C38H39ClN8O4/c1-22-25(6-5-9-28(22)42-34-32-24(12-14-40-34)19-41-45(2)36(32)49)26-7-4-8-27(33(26)39)29-18-23-10-11-30(31(23)35(43-29)51-3)46-15-13-38(20-46)21-47(16-17-48)37(50)44-38/h4-9,12,14,18-19,30,48H,10-11,13,15-17,20-21H2,1-3H3,(H,40,42)(H,44,50). The van der Waals surface area contributed by atoms with Gasteiger partial charge in [-0.2, -0.15) is 5.10 Å². The number of fused-ring (bicyclic) bond motifs is 2. The number of aliphatic hydroxyl groups excluding tert-OH is 1. The average molecular weight is 707 g/mol. The van der Waals surface area contributed by atoms with E-state index in [4.69, 9.17) is 21.3 Å². The van der Waals surface area contributed by atoms with Crippen molar-refractivity contribution in [3.63, 3.8) is 0 Å². The monoisotopic (exact) mass is 706 g/mol. The van der Waals surface area contributed by atoms with Crippen LogP contribution in [0.3, 0.4) is 0 Å². The molecular weight excluding hydrogens is 668 g/mol. The second-order valence-corrected chi connectivity index (χ2v) is 14.1.